The van der Waals surface area contributed by atoms with Gasteiger partial charge in [-0.3, -0.25) is 9.59 Å². The minimum atomic E-state index is -0.144. The molecular formula is C20H22N4O3S2. The molecule has 3 heterocycles. The molecule has 0 unspecified atom stereocenters. The fraction of sp³-hybridized carbons (Fsp3) is 0.300. The lowest BCUT2D eigenvalue weighted by atomic mass is 10.2. The number of nitrogens with one attached hydrogen (secondary N) is 2. The van der Waals surface area contributed by atoms with E-state index < -0.39 is 0 Å². The molecule has 152 valence electrons. The monoisotopic (exact) mass is 430 g/mol. The van der Waals surface area contributed by atoms with Gasteiger partial charge in [0.1, 0.15) is 0 Å². The molecule has 0 saturated heterocycles. The molecule has 3 aromatic rings. The third-order valence-corrected chi connectivity index (χ3v) is 5.38. The van der Waals surface area contributed by atoms with E-state index in [0.29, 0.717) is 29.7 Å². The van der Waals surface area contributed by atoms with Crippen molar-refractivity contribution in [3.63, 3.8) is 0 Å². The van der Waals surface area contributed by atoms with Gasteiger partial charge in [0.25, 0.3) is 0 Å². The van der Waals surface area contributed by atoms with E-state index in [9.17, 15) is 9.59 Å². The van der Waals surface area contributed by atoms with E-state index in [2.05, 4.69) is 20.6 Å². The summed E-state index contributed by atoms with van der Waals surface area (Å²) in [4.78, 5) is 33.7. The van der Waals surface area contributed by atoms with Crippen LogP contribution in [0.25, 0.3) is 0 Å². The maximum Gasteiger partial charge on any atom is 0.231 e. The number of pyridine rings is 1. The Labute approximate surface area is 177 Å². The van der Waals surface area contributed by atoms with Crippen LogP contribution < -0.4 is 15.4 Å². The zero-order chi connectivity index (χ0) is 20.6. The summed E-state index contributed by atoms with van der Waals surface area (Å²) < 4.78 is 5.50. The van der Waals surface area contributed by atoms with Gasteiger partial charge in [0, 0.05) is 29.1 Å². The molecule has 7 nitrogen and oxygen atoms in total. The van der Waals surface area contributed by atoms with E-state index >= 15 is 0 Å². The van der Waals surface area contributed by atoms with Gasteiger partial charge in [-0.15, -0.1) is 22.7 Å². The number of amides is 2. The summed E-state index contributed by atoms with van der Waals surface area (Å²) >= 11 is 2.85. The zero-order valence-electron chi connectivity index (χ0n) is 16.2. The van der Waals surface area contributed by atoms with Crippen LogP contribution in [0.4, 0.5) is 5.13 Å². The predicted octanol–water partition coefficient (Wildman–Crippen LogP) is 3.43. The van der Waals surface area contributed by atoms with Crippen molar-refractivity contribution in [1.82, 2.24) is 15.3 Å². The molecule has 0 aliphatic heterocycles. The van der Waals surface area contributed by atoms with Crippen molar-refractivity contribution in [2.75, 3.05) is 5.32 Å². The molecule has 0 fully saturated rings. The molecule has 9 heteroatoms. The summed E-state index contributed by atoms with van der Waals surface area (Å²) in [6.07, 6.45) is 2.22. The summed E-state index contributed by atoms with van der Waals surface area (Å²) in [5, 5.41) is 9.83. The largest absolute Gasteiger partial charge is 0.475 e. The Morgan fingerprint density at radius 2 is 2.00 bits per heavy atom. The van der Waals surface area contributed by atoms with Gasteiger partial charge in [-0.1, -0.05) is 12.1 Å². The van der Waals surface area contributed by atoms with Crippen LogP contribution in [0.15, 0.2) is 41.2 Å². The molecule has 0 aliphatic rings. The maximum absolute atomic E-state index is 12.2. The number of thiazole rings is 1. The average molecular weight is 431 g/mol. The molecule has 3 aromatic heterocycles. The summed E-state index contributed by atoms with van der Waals surface area (Å²) in [6, 6.07) is 7.49. The van der Waals surface area contributed by atoms with E-state index in [0.717, 1.165) is 10.4 Å². The van der Waals surface area contributed by atoms with Gasteiger partial charge in [-0.2, -0.15) is 0 Å². The van der Waals surface area contributed by atoms with Crippen LogP contribution in [0.1, 0.15) is 30.0 Å². The predicted molar refractivity (Wildman–Crippen MR) is 114 cm³/mol. The molecule has 2 amide bonds. The van der Waals surface area contributed by atoms with E-state index in [-0.39, 0.29) is 24.3 Å². The van der Waals surface area contributed by atoms with Crippen LogP contribution in [-0.2, 0) is 29.0 Å². The highest BCUT2D eigenvalue weighted by Gasteiger charge is 2.11. The Morgan fingerprint density at radius 1 is 1.14 bits per heavy atom. The van der Waals surface area contributed by atoms with Gasteiger partial charge in [0.2, 0.25) is 17.7 Å². The standard InChI is InChI=1S/C20H22N4O3S2/c1-13(2)27-19-6-5-14(11-22-19)10-21-17(25)8-15-12-29-20(23-15)24-18(26)9-16-4-3-7-28-16/h3-7,11-13H,8-10H2,1-2H3,(H,21,25)(H,23,24,26). The fourth-order valence-electron chi connectivity index (χ4n) is 2.43. The normalized spacial score (nSPS) is 10.7. The van der Waals surface area contributed by atoms with Gasteiger partial charge >= 0.3 is 0 Å². The Kier molecular flexibility index (Phi) is 7.31. The molecule has 0 bridgehead atoms. The number of carbonyl (C=O) groups excluding carboxylic acids is 2. The lowest BCUT2D eigenvalue weighted by molar-refractivity contribution is -0.120. The summed E-state index contributed by atoms with van der Waals surface area (Å²) in [6.45, 7) is 4.26. The highest BCUT2D eigenvalue weighted by Crippen LogP contribution is 2.17. The number of aromatic nitrogens is 2. The summed E-state index contributed by atoms with van der Waals surface area (Å²) in [7, 11) is 0. The van der Waals surface area contributed by atoms with E-state index in [4.69, 9.17) is 4.74 Å². The second-order valence-corrected chi connectivity index (χ2v) is 8.46. The van der Waals surface area contributed by atoms with Crippen LogP contribution in [-0.4, -0.2) is 27.9 Å². The molecule has 2 N–H and O–H groups in total. The maximum atomic E-state index is 12.2. The molecule has 0 radical (unpaired) electrons. The number of hydrogen-bond donors (Lipinski definition) is 2. The smallest absolute Gasteiger partial charge is 0.231 e. The Bertz CT molecular complexity index is 937. The minimum absolute atomic E-state index is 0.0662. The highest BCUT2D eigenvalue weighted by molar-refractivity contribution is 7.14. The zero-order valence-corrected chi connectivity index (χ0v) is 17.8. The summed E-state index contributed by atoms with van der Waals surface area (Å²) in [5.74, 6) is 0.302. The first-order valence-electron chi connectivity index (χ1n) is 9.13. The lowest BCUT2D eigenvalue weighted by Gasteiger charge is -2.09. The van der Waals surface area contributed by atoms with Crippen LogP contribution in [0.3, 0.4) is 0 Å². The quantitative estimate of drug-likeness (QED) is 0.543. The van der Waals surface area contributed by atoms with E-state index in [1.165, 1.54) is 22.7 Å². The first kappa shape index (κ1) is 20.9. The van der Waals surface area contributed by atoms with E-state index in [1.54, 1.807) is 17.6 Å². The molecule has 0 spiro atoms. The van der Waals surface area contributed by atoms with Gasteiger partial charge in [-0.05, 0) is 30.9 Å². The first-order valence-corrected chi connectivity index (χ1v) is 10.9. The molecule has 0 atom stereocenters. The van der Waals surface area contributed by atoms with Crippen LogP contribution in [0.2, 0.25) is 0 Å². The number of ether oxygens (including phenoxy) is 1. The SMILES string of the molecule is CC(C)Oc1ccc(CNC(=O)Cc2csc(NC(=O)Cc3cccs3)n2)cn1. The van der Waals surface area contributed by atoms with Crippen LogP contribution >= 0.6 is 22.7 Å². The number of thiophene rings is 1. The Hall–Kier alpha value is -2.78. The number of anilines is 1. The van der Waals surface area contributed by atoms with Crippen molar-refractivity contribution in [3.8, 4) is 5.88 Å². The van der Waals surface area contributed by atoms with Crippen molar-refractivity contribution in [2.24, 2.45) is 0 Å². The first-order chi connectivity index (χ1) is 14.0. The van der Waals surface area contributed by atoms with Crippen molar-refractivity contribution in [2.45, 2.75) is 39.3 Å². The number of carbonyl (C=O) groups is 2. The third kappa shape index (κ3) is 6.95. The van der Waals surface area contributed by atoms with Gasteiger partial charge in [-0.25, -0.2) is 9.97 Å². The van der Waals surface area contributed by atoms with Crippen molar-refractivity contribution in [3.05, 3.63) is 57.4 Å². The molecule has 0 aromatic carbocycles. The fourth-order valence-corrected chi connectivity index (χ4v) is 3.86. The molecule has 0 aliphatic carbocycles. The second kappa shape index (κ2) is 10.1. The van der Waals surface area contributed by atoms with Gasteiger partial charge in [0.15, 0.2) is 5.13 Å². The van der Waals surface area contributed by atoms with Crippen LogP contribution in [0, 0.1) is 0 Å². The van der Waals surface area contributed by atoms with Crippen molar-refractivity contribution >= 4 is 39.6 Å². The Balaban J connectivity index is 1.43. The lowest BCUT2D eigenvalue weighted by Crippen LogP contribution is -2.24. The van der Waals surface area contributed by atoms with E-state index in [1.807, 2.05) is 37.4 Å². The van der Waals surface area contributed by atoms with Crippen LogP contribution in [0.5, 0.6) is 5.88 Å². The molecule has 3 rings (SSSR count). The van der Waals surface area contributed by atoms with Gasteiger partial charge in [0.05, 0.1) is 24.6 Å². The molecule has 29 heavy (non-hydrogen) atoms. The summed E-state index contributed by atoms with van der Waals surface area (Å²) in [5.41, 5.74) is 1.51. The van der Waals surface area contributed by atoms with Crippen molar-refractivity contribution < 1.29 is 14.3 Å². The Morgan fingerprint density at radius 3 is 2.69 bits per heavy atom. The average Bonchev–Trinajstić information content (AvgIpc) is 3.33. The molecular weight excluding hydrogens is 408 g/mol. The number of rotatable bonds is 9. The minimum Gasteiger partial charge on any atom is -0.475 e. The highest BCUT2D eigenvalue weighted by atomic mass is 32.1. The number of nitrogens with zero attached hydrogens (tertiary/aromatic N) is 2. The topological polar surface area (TPSA) is 93.2 Å². The molecule has 0 saturated carbocycles. The number of hydrogen-bond acceptors (Lipinski definition) is 7. The second-order valence-electron chi connectivity index (χ2n) is 6.57. The van der Waals surface area contributed by atoms with Gasteiger partial charge < -0.3 is 15.4 Å². The van der Waals surface area contributed by atoms with Crippen molar-refractivity contribution in [1.29, 1.82) is 0 Å². The third-order valence-electron chi connectivity index (χ3n) is 3.70.